The van der Waals surface area contributed by atoms with Gasteiger partial charge in [0.2, 0.25) is 0 Å². The third kappa shape index (κ3) is 8.40. The number of hydrogen-bond donors (Lipinski definition) is 2. The topological polar surface area (TPSA) is 65.7 Å². The van der Waals surface area contributed by atoms with E-state index in [0.717, 1.165) is 13.0 Å². The molecule has 0 spiro atoms. The second-order valence-electron chi connectivity index (χ2n) is 3.01. The van der Waals surface area contributed by atoms with Crippen LogP contribution in [-0.4, -0.2) is 46.2 Å². The normalized spacial score (nSPS) is 13.1. The molecule has 0 fully saturated rings. The summed E-state index contributed by atoms with van der Waals surface area (Å²) in [6.07, 6.45) is 1.02. The number of rotatable bonds is 10. The molecule has 0 heterocycles. The van der Waals surface area contributed by atoms with Crippen molar-refractivity contribution in [3.63, 3.8) is 0 Å². The average molecular weight is 206 g/mol. The SMILES string of the molecule is CCCOCC(COCCOC)NN. The number of nitrogens with two attached hydrogens (primary N) is 1. The number of nitrogens with one attached hydrogen (secondary N) is 1. The van der Waals surface area contributed by atoms with E-state index in [1.807, 2.05) is 0 Å². The van der Waals surface area contributed by atoms with Crippen molar-refractivity contribution >= 4 is 0 Å². The summed E-state index contributed by atoms with van der Waals surface area (Å²) in [6.45, 7) is 5.15. The van der Waals surface area contributed by atoms with E-state index < -0.39 is 0 Å². The Kier molecular flexibility index (Phi) is 10.7. The molecular formula is C9H22N2O3. The second kappa shape index (κ2) is 10.9. The highest BCUT2D eigenvalue weighted by Crippen LogP contribution is 1.89. The minimum Gasteiger partial charge on any atom is -0.382 e. The summed E-state index contributed by atoms with van der Waals surface area (Å²) in [7, 11) is 1.65. The lowest BCUT2D eigenvalue weighted by Crippen LogP contribution is -2.42. The van der Waals surface area contributed by atoms with Crippen LogP contribution in [0.25, 0.3) is 0 Å². The Morgan fingerprint density at radius 1 is 1.14 bits per heavy atom. The Balaban J connectivity index is 3.28. The Hall–Kier alpha value is -0.200. The molecule has 86 valence electrons. The molecule has 0 aromatic carbocycles. The zero-order chi connectivity index (χ0) is 10.6. The monoisotopic (exact) mass is 206 g/mol. The van der Waals surface area contributed by atoms with E-state index in [1.165, 1.54) is 0 Å². The molecule has 0 aliphatic rings. The van der Waals surface area contributed by atoms with E-state index >= 15 is 0 Å². The van der Waals surface area contributed by atoms with Crippen molar-refractivity contribution in [1.82, 2.24) is 5.43 Å². The van der Waals surface area contributed by atoms with Gasteiger partial charge in [-0.05, 0) is 6.42 Å². The quantitative estimate of drug-likeness (QED) is 0.297. The predicted octanol–water partition coefficient (Wildman–Crippen LogP) is -0.0921. The highest BCUT2D eigenvalue weighted by atomic mass is 16.5. The summed E-state index contributed by atoms with van der Waals surface area (Å²) in [6, 6.07) is 0.0541. The van der Waals surface area contributed by atoms with Gasteiger partial charge in [0.15, 0.2) is 0 Å². The van der Waals surface area contributed by atoms with Crippen LogP contribution in [0.3, 0.4) is 0 Å². The maximum absolute atomic E-state index is 5.34. The predicted molar refractivity (Wildman–Crippen MR) is 54.9 cm³/mol. The lowest BCUT2D eigenvalue weighted by Gasteiger charge is -2.15. The van der Waals surface area contributed by atoms with Crippen LogP contribution in [-0.2, 0) is 14.2 Å². The summed E-state index contributed by atoms with van der Waals surface area (Å²) in [4.78, 5) is 0. The first-order valence-electron chi connectivity index (χ1n) is 4.95. The van der Waals surface area contributed by atoms with Crippen LogP contribution in [0.1, 0.15) is 13.3 Å². The molecule has 3 N–H and O–H groups in total. The van der Waals surface area contributed by atoms with Crippen LogP contribution >= 0.6 is 0 Å². The molecule has 5 nitrogen and oxygen atoms in total. The van der Waals surface area contributed by atoms with Crippen molar-refractivity contribution in [1.29, 1.82) is 0 Å². The standard InChI is InChI=1S/C9H22N2O3/c1-3-4-13-7-9(11-10)8-14-6-5-12-2/h9,11H,3-8,10H2,1-2H3. The molecule has 14 heavy (non-hydrogen) atoms. The van der Waals surface area contributed by atoms with Crippen LogP contribution in [0, 0.1) is 0 Å². The molecule has 0 saturated heterocycles. The maximum atomic E-state index is 5.34. The first kappa shape index (κ1) is 13.8. The molecule has 1 unspecified atom stereocenters. The largest absolute Gasteiger partial charge is 0.382 e. The van der Waals surface area contributed by atoms with E-state index in [9.17, 15) is 0 Å². The average Bonchev–Trinajstić information content (AvgIpc) is 2.22. The summed E-state index contributed by atoms with van der Waals surface area (Å²) in [5.74, 6) is 5.33. The lowest BCUT2D eigenvalue weighted by molar-refractivity contribution is 0.0327. The number of hydrazine groups is 1. The van der Waals surface area contributed by atoms with Crippen molar-refractivity contribution in [3.05, 3.63) is 0 Å². The second-order valence-corrected chi connectivity index (χ2v) is 3.01. The highest BCUT2D eigenvalue weighted by Gasteiger charge is 2.05. The molecule has 0 aromatic heterocycles. The third-order valence-corrected chi connectivity index (χ3v) is 1.65. The fourth-order valence-electron chi connectivity index (χ4n) is 0.882. The van der Waals surface area contributed by atoms with Gasteiger partial charge in [-0.15, -0.1) is 0 Å². The van der Waals surface area contributed by atoms with Gasteiger partial charge in [0.1, 0.15) is 0 Å². The summed E-state index contributed by atoms with van der Waals surface area (Å²) in [5.41, 5.74) is 2.65. The van der Waals surface area contributed by atoms with Crippen LogP contribution in [0.2, 0.25) is 0 Å². The number of ether oxygens (including phenoxy) is 3. The molecule has 0 bridgehead atoms. The zero-order valence-electron chi connectivity index (χ0n) is 9.12. The van der Waals surface area contributed by atoms with Gasteiger partial charge in [-0.25, -0.2) is 0 Å². The fourth-order valence-corrected chi connectivity index (χ4v) is 0.882. The molecule has 0 radical (unpaired) electrons. The van der Waals surface area contributed by atoms with E-state index in [0.29, 0.717) is 26.4 Å². The van der Waals surface area contributed by atoms with Crippen molar-refractivity contribution < 1.29 is 14.2 Å². The molecule has 0 amide bonds. The van der Waals surface area contributed by atoms with E-state index in [-0.39, 0.29) is 6.04 Å². The van der Waals surface area contributed by atoms with Crippen molar-refractivity contribution in [2.24, 2.45) is 5.84 Å². The molecule has 1 atom stereocenters. The smallest absolute Gasteiger partial charge is 0.0701 e. The lowest BCUT2D eigenvalue weighted by atomic mass is 10.3. The summed E-state index contributed by atoms with van der Waals surface area (Å²) < 4.78 is 15.5. The summed E-state index contributed by atoms with van der Waals surface area (Å²) >= 11 is 0. The maximum Gasteiger partial charge on any atom is 0.0701 e. The molecule has 0 aliphatic heterocycles. The third-order valence-electron chi connectivity index (χ3n) is 1.65. The van der Waals surface area contributed by atoms with Gasteiger partial charge in [-0.3, -0.25) is 11.3 Å². The zero-order valence-corrected chi connectivity index (χ0v) is 9.12. The Labute approximate surface area is 85.9 Å². The number of hydrogen-bond acceptors (Lipinski definition) is 5. The van der Waals surface area contributed by atoms with Crippen LogP contribution in [0.4, 0.5) is 0 Å². The van der Waals surface area contributed by atoms with E-state index in [4.69, 9.17) is 20.1 Å². The molecule has 5 heteroatoms. The molecule has 0 aliphatic carbocycles. The van der Waals surface area contributed by atoms with Gasteiger partial charge in [0.25, 0.3) is 0 Å². The molecule has 0 rings (SSSR count). The van der Waals surface area contributed by atoms with E-state index in [1.54, 1.807) is 7.11 Å². The minimum atomic E-state index is 0.0541. The first-order chi connectivity index (χ1) is 6.85. The van der Waals surface area contributed by atoms with Crippen LogP contribution in [0.15, 0.2) is 0 Å². The van der Waals surface area contributed by atoms with E-state index in [2.05, 4.69) is 12.3 Å². The van der Waals surface area contributed by atoms with Crippen LogP contribution < -0.4 is 11.3 Å². The van der Waals surface area contributed by atoms with Crippen molar-refractivity contribution in [2.75, 3.05) is 40.1 Å². The Morgan fingerprint density at radius 3 is 2.29 bits per heavy atom. The van der Waals surface area contributed by atoms with Gasteiger partial charge >= 0.3 is 0 Å². The van der Waals surface area contributed by atoms with Gasteiger partial charge < -0.3 is 14.2 Å². The minimum absolute atomic E-state index is 0.0541. The fraction of sp³-hybridized carbons (Fsp3) is 1.00. The first-order valence-corrected chi connectivity index (χ1v) is 4.95. The Morgan fingerprint density at radius 2 is 1.79 bits per heavy atom. The van der Waals surface area contributed by atoms with Gasteiger partial charge in [0.05, 0.1) is 32.5 Å². The van der Waals surface area contributed by atoms with Crippen LogP contribution in [0.5, 0.6) is 0 Å². The molecule has 0 saturated carbocycles. The van der Waals surface area contributed by atoms with Crippen molar-refractivity contribution in [3.8, 4) is 0 Å². The number of methoxy groups -OCH3 is 1. The van der Waals surface area contributed by atoms with Crippen molar-refractivity contribution in [2.45, 2.75) is 19.4 Å². The molecule has 0 aromatic rings. The Bertz CT molecular complexity index is 114. The summed E-state index contributed by atoms with van der Waals surface area (Å²) in [5, 5.41) is 0. The van der Waals surface area contributed by atoms with Gasteiger partial charge in [-0.2, -0.15) is 0 Å². The van der Waals surface area contributed by atoms with Gasteiger partial charge in [0, 0.05) is 13.7 Å². The molecular weight excluding hydrogens is 184 g/mol. The van der Waals surface area contributed by atoms with Gasteiger partial charge in [-0.1, -0.05) is 6.92 Å². The highest BCUT2D eigenvalue weighted by molar-refractivity contribution is 4.60.